The van der Waals surface area contributed by atoms with Crippen molar-refractivity contribution in [1.82, 2.24) is 15.5 Å². The molecule has 7 fully saturated rings. The van der Waals surface area contributed by atoms with Crippen LogP contribution in [0.25, 0.3) is 0 Å². The molecule has 19 heteroatoms. The SMILES string of the molecule is CC1C[C@@H]2OC(O[C@H]3OC(CI)[C@@H](C)[C@@H](I)C3O)C3C(OC(=O)N3C)C2O[C@@H]1O[C@@H]1C(NC(=O)OCc2ccccc2)C[C@@H](NC(=O)OCc2ccccc2)C2OC3(CCCCC3)O[C@H]21. The van der Waals surface area contributed by atoms with Crippen LogP contribution in [0, 0.1) is 11.8 Å². The molecule has 0 radical (unpaired) electrons. The second-order valence-corrected chi connectivity index (χ2v) is 20.7. The lowest BCUT2D eigenvalue weighted by atomic mass is 9.83. The highest BCUT2D eigenvalue weighted by atomic mass is 127. The molecule has 7 aliphatic rings. The third-order valence-corrected chi connectivity index (χ3v) is 16.7. The number of hydrogen-bond acceptors (Lipinski definition) is 14. The fourth-order valence-electron chi connectivity index (χ4n) is 10.4. The van der Waals surface area contributed by atoms with Crippen LogP contribution in [0.5, 0.6) is 0 Å². The van der Waals surface area contributed by atoms with E-state index in [-0.39, 0.29) is 41.5 Å². The number of rotatable bonds is 11. The van der Waals surface area contributed by atoms with E-state index in [0.717, 1.165) is 30.4 Å². The highest BCUT2D eigenvalue weighted by molar-refractivity contribution is 14.1. The maximum atomic E-state index is 13.7. The Balaban J connectivity index is 0.956. The minimum absolute atomic E-state index is 0.0436. The summed E-state index contributed by atoms with van der Waals surface area (Å²) >= 11 is 4.53. The number of nitrogens with zero attached hydrogens (tertiary/aromatic N) is 1. The number of aliphatic hydroxyl groups is 1. The number of alkyl carbamates (subject to hydrolysis) is 2. The van der Waals surface area contributed by atoms with Crippen molar-refractivity contribution in [3.63, 3.8) is 0 Å². The van der Waals surface area contributed by atoms with E-state index < -0.39 is 104 Å². The third-order valence-electron chi connectivity index (χ3n) is 14.0. The lowest BCUT2D eigenvalue weighted by molar-refractivity contribution is -0.369. The zero-order valence-corrected chi connectivity index (χ0v) is 40.9. The van der Waals surface area contributed by atoms with Gasteiger partial charge in [0.1, 0.15) is 49.8 Å². The van der Waals surface area contributed by atoms with Crippen molar-refractivity contribution in [2.24, 2.45) is 11.8 Å². The number of likely N-dealkylation sites (N-methyl/N-ethyl adjacent to an activating group) is 1. The monoisotopic (exact) mass is 1130 g/mol. The van der Waals surface area contributed by atoms with E-state index in [4.69, 9.17) is 47.4 Å². The third kappa shape index (κ3) is 10.2. The summed E-state index contributed by atoms with van der Waals surface area (Å²) in [7, 11) is 1.62. The van der Waals surface area contributed by atoms with Crippen LogP contribution in [0.2, 0.25) is 0 Å². The number of carbonyl (C=O) groups is 3. The van der Waals surface area contributed by atoms with Gasteiger partial charge in [-0.3, -0.25) is 4.90 Å². The van der Waals surface area contributed by atoms with E-state index in [0.29, 0.717) is 23.7 Å². The van der Waals surface area contributed by atoms with Gasteiger partial charge in [-0.05, 0) is 42.7 Å². The second kappa shape index (κ2) is 20.5. The maximum Gasteiger partial charge on any atom is 0.410 e. The van der Waals surface area contributed by atoms with Crippen LogP contribution in [-0.4, -0.2) is 135 Å². The predicted molar refractivity (Wildman–Crippen MR) is 247 cm³/mol. The molecular weight excluding hydrogens is 1070 g/mol. The van der Waals surface area contributed by atoms with E-state index in [1.54, 1.807) is 7.05 Å². The zero-order chi connectivity index (χ0) is 45.4. The van der Waals surface area contributed by atoms with Crippen molar-refractivity contribution in [2.75, 3.05) is 11.5 Å². The fourth-order valence-corrected chi connectivity index (χ4v) is 12.2. The predicted octanol–water partition coefficient (Wildman–Crippen LogP) is 6.08. The number of ether oxygens (including phenoxy) is 10. The Morgan fingerprint density at radius 3 is 2.06 bits per heavy atom. The van der Waals surface area contributed by atoms with Gasteiger partial charge in [-0.2, -0.15) is 0 Å². The standard InChI is InChI=1S/C46H59I2N3O14/c1-24-19-30-37(38-33(51(3)45(55)62-38)41(58-30)63-42-34(52)32(48)25(2)31(21-47)59-42)61-40(24)60-35-28(49-43(53)56-22-26-13-7-4-8-14-26)20-29(50-44(54)57-23-27-15-9-5-10-16-27)36-39(35)65-46(64-36)17-11-6-12-18-46/h4-5,7-10,13-16,24-25,28-42,52H,6,11-12,17-23H2,1-3H3,(H,49,53)(H,50,54)/t24?,25-,28?,29-,30+,31?,32-,33?,34?,35-,36?,37?,38?,39+,40+,41?,42-/m1/s1. The second-order valence-electron chi connectivity index (χ2n) is 18.4. The summed E-state index contributed by atoms with van der Waals surface area (Å²) in [6, 6.07) is 16.7. The highest BCUT2D eigenvalue weighted by Crippen LogP contribution is 2.48. The van der Waals surface area contributed by atoms with Gasteiger partial charge in [0, 0.05) is 34.2 Å². The van der Waals surface area contributed by atoms with E-state index in [1.165, 1.54) is 4.90 Å². The first-order valence-electron chi connectivity index (χ1n) is 22.8. The Kier molecular flexibility index (Phi) is 15.0. The Morgan fingerprint density at radius 2 is 1.42 bits per heavy atom. The Hall–Kier alpha value is -2.61. The van der Waals surface area contributed by atoms with Crippen LogP contribution in [0.4, 0.5) is 14.4 Å². The number of halogens is 2. The molecule has 356 valence electrons. The molecule has 2 aliphatic carbocycles. The van der Waals surface area contributed by atoms with E-state index >= 15 is 0 Å². The Labute approximate surface area is 406 Å². The molecule has 9 unspecified atom stereocenters. The van der Waals surface area contributed by atoms with Gasteiger partial charge in [0.15, 0.2) is 30.8 Å². The molecule has 5 aliphatic heterocycles. The quantitative estimate of drug-likeness (QED) is 0.133. The molecule has 65 heavy (non-hydrogen) atoms. The number of amides is 3. The molecule has 3 amide bonds. The minimum Gasteiger partial charge on any atom is -0.445 e. The summed E-state index contributed by atoms with van der Waals surface area (Å²) in [6.07, 6.45) is -5.33. The molecule has 0 aromatic heterocycles. The molecule has 17 nitrogen and oxygen atoms in total. The molecule has 1 spiro atoms. The number of hydrogen-bond donors (Lipinski definition) is 3. The zero-order valence-electron chi connectivity index (χ0n) is 36.6. The minimum atomic E-state index is -0.981. The van der Waals surface area contributed by atoms with Crippen molar-refractivity contribution in [1.29, 1.82) is 0 Å². The first-order valence-corrected chi connectivity index (χ1v) is 25.6. The fraction of sp³-hybridized carbons (Fsp3) is 0.674. The van der Waals surface area contributed by atoms with Crippen molar-refractivity contribution >= 4 is 63.5 Å². The Bertz CT molecular complexity index is 1950. The lowest BCUT2D eigenvalue weighted by Crippen LogP contribution is -2.67. The van der Waals surface area contributed by atoms with Gasteiger partial charge in [0.2, 0.25) is 0 Å². The van der Waals surface area contributed by atoms with Gasteiger partial charge in [-0.15, -0.1) is 0 Å². The topological polar surface area (TPSA) is 191 Å². The molecule has 17 atom stereocenters. The smallest absolute Gasteiger partial charge is 0.410 e. The average Bonchev–Trinajstić information content (AvgIpc) is 3.83. The van der Waals surface area contributed by atoms with Crippen molar-refractivity contribution in [2.45, 2.75) is 168 Å². The molecule has 2 aromatic rings. The summed E-state index contributed by atoms with van der Waals surface area (Å²) in [5, 5.41) is 17.4. The van der Waals surface area contributed by atoms with Gasteiger partial charge in [-0.25, -0.2) is 14.4 Å². The average molecular weight is 1130 g/mol. The number of benzene rings is 2. The molecule has 5 saturated heterocycles. The number of nitrogens with one attached hydrogen (secondary N) is 2. The molecule has 0 bridgehead atoms. The number of alkyl halides is 2. The summed E-state index contributed by atoms with van der Waals surface area (Å²) < 4.78 is 65.0. The molecule has 2 saturated carbocycles. The number of carbonyl (C=O) groups excluding carboxylic acids is 3. The van der Waals surface area contributed by atoms with Gasteiger partial charge in [0.25, 0.3) is 0 Å². The van der Waals surface area contributed by atoms with Crippen LogP contribution >= 0.6 is 45.2 Å². The molecule has 2 aromatic carbocycles. The molecule has 5 heterocycles. The van der Waals surface area contributed by atoms with Crippen molar-refractivity contribution in [3.05, 3.63) is 71.8 Å². The van der Waals surface area contributed by atoms with E-state index in [9.17, 15) is 19.5 Å². The van der Waals surface area contributed by atoms with Crippen LogP contribution in [0.15, 0.2) is 60.7 Å². The Morgan fingerprint density at radius 1 is 0.785 bits per heavy atom. The molecular formula is C46H59I2N3O14. The van der Waals surface area contributed by atoms with Crippen molar-refractivity contribution < 1.29 is 66.9 Å². The first kappa shape index (κ1) is 47.5. The number of aliphatic hydroxyl groups excluding tert-OH is 1. The molecule has 9 rings (SSSR count). The van der Waals surface area contributed by atoms with Crippen molar-refractivity contribution in [3.8, 4) is 0 Å². The summed E-state index contributed by atoms with van der Waals surface area (Å²) in [4.78, 5) is 41.9. The van der Waals surface area contributed by atoms with Gasteiger partial charge in [0.05, 0.1) is 24.3 Å². The largest absolute Gasteiger partial charge is 0.445 e. The summed E-state index contributed by atoms with van der Waals surface area (Å²) in [5.74, 6) is -1.08. The highest BCUT2D eigenvalue weighted by Gasteiger charge is 2.62. The van der Waals surface area contributed by atoms with Crippen LogP contribution < -0.4 is 10.6 Å². The maximum absolute atomic E-state index is 13.7. The molecule has 3 N–H and O–H groups in total. The summed E-state index contributed by atoms with van der Waals surface area (Å²) in [6.45, 7) is 4.15. The first-order chi connectivity index (χ1) is 31.4. The van der Waals surface area contributed by atoms with Crippen LogP contribution in [-0.2, 0) is 60.6 Å². The van der Waals surface area contributed by atoms with Crippen LogP contribution in [0.1, 0.15) is 69.9 Å². The summed E-state index contributed by atoms with van der Waals surface area (Å²) in [5.41, 5.74) is 1.66. The van der Waals surface area contributed by atoms with Gasteiger partial charge >= 0.3 is 18.3 Å². The van der Waals surface area contributed by atoms with Gasteiger partial charge in [-0.1, -0.05) is 126 Å². The normalized spacial score (nSPS) is 39.6. The van der Waals surface area contributed by atoms with E-state index in [1.807, 2.05) is 67.6 Å². The lowest BCUT2D eigenvalue weighted by Gasteiger charge is -2.51. The van der Waals surface area contributed by atoms with Crippen LogP contribution in [0.3, 0.4) is 0 Å². The van der Waals surface area contributed by atoms with E-state index in [2.05, 4.69) is 62.7 Å². The number of fused-ring (bicyclic) bond motifs is 4. The van der Waals surface area contributed by atoms with Gasteiger partial charge < -0.3 is 63.1 Å².